The van der Waals surface area contributed by atoms with Crippen molar-refractivity contribution in [3.8, 4) is 11.5 Å². The van der Waals surface area contributed by atoms with Crippen LogP contribution in [-0.2, 0) is 11.2 Å². The van der Waals surface area contributed by atoms with E-state index in [1.165, 1.54) is 0 Å². The Hall–Kier alpha value is -2.65. The summed E-state index contributed by atoms with van der Waals surface area (Å²) < 4.78 is 11.3. The monoisotopic (exact) mass is 465 g/mol. The second-order valence-corrected chi connectivity index (χ2v) is 6.88. The molecule has 0 aliphatic carbocycles. The summed E-state index contributed by atoms with van der Waals surface area (Å²) in [5.41, 5.74) is 6.10. The van der Waals surface area contributed by atoms with Crippen LogP contribution >= 0.6 is 28.1 Å². The smallest absolute Gasteiger partial charge is 0.261 e. The summed E-state index contributed by atoms with van der Waals surface area (Å²) in [7, 11) is 1.58. The molecule has 148 valence electrons. The number of hydrogen-bond acceptors (Lipinski definition) is 5. The Morgan fingerprint density at radius 3 is 2.46 bits per heavy atom. The first kappa shape index (κ1) is 21.6. The predicted molar refractivity (Wildman–Crippen MR) is 113 cm³/mol. The van der Waals surface area contributed by atoms with E-state index in [2.05, 4.69) is 32.1 Å². The summed E-state index contributed by atoms with van der Waals surface area (Å²) >= 11 is 8.38. The second kappa shape index (κ2) is 10.6. The third-order valence-electron chi connectivity index (χ3n) is 3.55. The van der Waals surface area contributed by atoms with Gasteiger partial charge < -0.3 is 9.47 Å². The van der Waals surface area contributed by atoms with Gasteiger partial charge in [-0.15, -0.1) is 0 Å². The molecule has 0 atom stereocenters. The van der Waals surface area contributed by atoms with Gasteiger partial charge in [-0.3, -0.25) is 25.8 Å². The fraction of sp³-hybridized carbons (Fsp3) is 0.211. The van der Waals surface area contributed by atoms with Crippen LogP contribution in [0.1, 0.15) is 22.8 Å². The normalized spacial score (nSPS) is 9.96. The van der Waals surface area contributed by atoms with Gasteiger partial charge in [-0.1, -0.05) is 28.1 Å². The highest BCUT2D eigenvalue weighted by Crippen LogP contribution is 2.23. The average molecular weight is 466 g/mol. The lowest BCUT2D eigenvalue weighted by Crippen LogP contribution is -2.48. The minimum atomic E-state index is -0.452. The fourth-order valence-corrected chi connectivity index (χ4v) is 2.77. The maximum absolute atomic E-state index is 12.4. The minimum Gasteiger partial charge on any atom is -0.497 e. The molecule has 2 aromatic carbocycles. The Labute approximate surface area is 176 Å². The molecule has 0 saturated carbocycles. The number of nitrogens with one attached hydrogen (secondary N) is 3. The van der Waals surface area contributed by atoms with Crippen molar-refractivity contribution in [2.45, 2.75) is 13.3 Å². The average Bonchev–Trinajstić information content (AvgIpc) is 2.68. The summed E-state index contributed by atoms with van der Waals surface area (Å²) in [5, 5.41) is 2.47. The lowest BCUT2D eigenvalue weighted by Gasteiger charge is -2.13. The van der Waals surface area contributed by atoms with E-state index >= 15 is 0 Å². The van der Waals surface area contributed by atoms with Crippen molar-refractivity contribution in [2.75, 3.05) is 13.7 Å². The quantitative estimate of drug-likeness (QED) is 0.448. The lowest BCUT2D eigenvalue weighted by molar-refractivity contribution is -0.121. The zero-order valence-corrected chi connectivity index (χ0v) is 17.8. The first-order valence-corrected chi connectivity index (χ1v) is 9.58. The van der Waals surface area contributed by atoms with Crippen LogP contribution < -0.4 is 25.6 Å². The van der Waals surface area contributed by atoms with Gasteiger partial charge in [-0.2, -0.15) is 0 Å². The highest BCUT2D eigenvalue weighted by atomic mass is 79.9. The topological polar surface area (TPSA) is 88.7 Å². The van der Waals surface area contributed by atoms with Gasteiger partial charge >= 0.3 is 0 Å². The SMILES string of the molecule is CCOc1ccc(Br)cc1C(=O)NC(=S)NNC(=O)Cc1ccc(OC)cc1. The number of carbonyl (C=O) groups excluding carboxylic acids is 2. The van der Waals surface area contributed by atoms with Crippen molar-refractivity contribution in [1.29, 1.82) is 0 Å². The van der Waals surface area contributed by atoms with Crippen molar-refractivity contribution in [3.63, 3.8) is 0 Å². The number of ether oxygens (including phenoxy) is 2. The van der Waals surface area contributed by atoms with E-state index in [-0.39, 0.29) is 17.4 Å². The fourth-order valence-electron chi connectivity index (χ4n) is 2.26. The molecule has 0 saturated heterocycles. The predicted octanol–water partition coefficient (Wildman–Crippen LogP) is 2.73. The van der Waals surface area contributed by atoms with Gasteiger partial charge in [0.1, 0.15) is 11.5 Å². The molecule has 28 heavy (non-hydrogen) atoms. The van der Waals surface area contributed by atoms with E-state index in [9.17, 15) is 9.59 Å². The maximum Gasteiger partial charge on any atom is 0.261 e. The van der Waals surface area contributed by atoms with E-state index in [0.29, 0.717) is 23.7 Å². The standard InChI is InChI=1S/C19H20BrN3O4S/c1-3-27-16-9-6-13(20)11-15(16)18(25)21-19(28)23-22-17(24)10-12-4-7-14(26-2)8-5-12/h4-9,11H,3,10H2,1-2H3,(H,22,24)(H2,21,23,25,28). The number of hydrogen-bond donors (Lipinski definition) is 3. The Kier molecular flexibility index (Phi) is 8.21. The number of benzene rings is 2. The number of halogens is 1. The molecule has 9 heteroatoms. The molecule has 2 rings (SSSR count). The number of carbonyl (C=O) groups is 2. The molecule has 0 spiro atoms. The number of rotatable bonds is 6. The van der Waals surface area contributed by atoms with Gasteiger partial charge in [-0.05, 0) is 55.0 Å². The molecule has 7 nitrogen and oxygen atoms in total. The van der Waals surface area contributed by atoms with Gasteiger partial charge in [-0.25, -0.2) is 0 Å². The van der Waals surface area contributed by atoms with Crippen LogP contribution in [0, 0.1) is 0 Å². The van der Waals surface area contributed by atoms with Crippen LogP contribution in [0.3, 0.4) is 0 Å². The molecular formula is C19H20BrN3O4S. The van der Waals surface area contributed by atoms with Gasteiger partial charge in [0.2, 0.25) is 5.91 Å². The van der Waals surface area contributed by atoms with E-state index in [0.717, 1.165) is 10.0 Å². The van der Waals surface area contributed by atoms with E-state index in [4.69, 9.17) is 21.7 Å². The molecule has 2 aromatic rings. The summed E-state index contributed by atoms with van der Waals surface area (Å²) in [6.45, 7) is 2.25. The number of thiocarbonyl (C=S) groups is 1. The summed E-state index contributed by atoms with van der Waals surface area (Å²) in [4.78, 5) is 24.4. The molecule has 0 aliphatic heterocycles. The molecule has 0 aromatic heterocycles. The van der Waals surface area contributed by atoms with Crippen molar-refractivity contribution in [1.82, 2.24) is 16.2 Å². The van der Waals surface area contributed by atoms with Crippen molar-refractivity contribution in [3.05, 3.63) is 58.1 Å². The molecule has 0 fully saturated rings. The third-order valence-corrected chi connectivity index (χ3v) is 4.25. The highest BCUT2D eigenvalue weighted by molar-refractivity contribution is 9.10. The molecule has 0 heterocycles. The molecule has 0 radical (unpaired) electrons. The zero-order valence-electron chi connectivity index (χ0n) is 15.4. The molecule has 0 aliphatic rings. The first-order valence-electron chi connectivity index (χ1n) is 8.38. The molecule has 3 N–H and O–H groups in total. The highest BCUT2D eigenvalue weighted by Gasteiger charge is 2.15. The Morgan fingerprint density at radius 2 is 1.82 bits per heavy atom. The lowest BCUT2D eigenvalue weighted by atomic mass is 10.1. The van der Waals surface area contributed by atoms with Crippen LogP contribution in [0.25, 0.3) is 0 Å². The van der Waals surface area contributed by atoms with E-state index in [1.807, 2.05) is 6.92 Å². The van der Waals surface area contributed by atoms with Gasteiger partial charge in [0.25, 0.3) is 5.91 Å². The van der Waals surface area contributed by atoms with Gasteiger partial charge in [0.05, 0.1) is 25.7 Å². The van der Waals surface area contributed by atoms with Crippen LogP contribution in [0.4, 0.5) is 0 Å². The van der Waals surface area contributed by atoms with Gasteiger partial charge in [0, 0.05) is 4.47 Å². The number of amides is 2. The Bertz CT molecular complexity index is 859. The third kappa shape index (κ3) is 6.50. The van der Waals surface area contributed by atoms with E-state index < -0.39 is 5.91 Å². The van der Waals surface area contributed by atoms with Crippen LogP contribution in [0.15, 0.2) is 46.9 Å². The minimum absolute atomic E-state index is 0.0319. The molecule has 0 unspecified atom stereocenters. The molecular weight excluding hydrogens is 446 g/mol. The first-order chi connectivity index (χ1) is 13.4. The zero-order chi connectivity index (χ0) is 20.5. The van der Waals surface area contributed by atoms with Crippen LogP contribution in [0.2, 0.25) is 0 Å². The maximum atomic E-state index is 12.4. The summed E-state index contributed by atoms with van der Waals surface area (Å²) in [6.07, 6.45) is 0.147. The Morgan fingerprint density at radius 1 is 1.11 bits per heavy atom. The Balaban J connectivity index is 1.87. The molecule has 2 amide bonds. The van der Waals surface area contributed by atoms with E-state index in [1.54, 1.807) is 49.6 Å². The van der Waals surface area contributed by atoms with Crippen LogP contribution in [0.5, 0.6) is 11.5 Å². The largest absolute Gasteiger partial charge is 0.497 e. The number of hydrazine groups is 1. The summed E-state index contributed by atoms with van der Waals surface area (Å²) in [5.74, 6) is 0.394. The van der Waals surface area contributed by atoms with Crippen molar-refractivity contribution >= 4 is 45.1 Å². The van der Waals surface area contributed by atoms with Crippen LogP contribution in [-0.4, -0.2) is 30.6 Å². The molecule has 0 bridgehead atoms. The summed E-state index contributed by atoms with van der Waals surface area (Å²) in [6, 6.07) is 12.2. The van der Waals surface area contributed by atoms with Crippen molar-refractivity contribution < 1.29 is 19.1 Å². The number of methoxy groups -OCH3 is 1. The van der Waals surface area contributed by atoms with Crippen molar-refractivity contribution in [2.24, 2.45) is 0 Å². The second-order valence-electron chi connectivity index (χ2n) is 5.55. The van der Waals surface area contributed by atoms with Gasteiger partial charge in [0.15, 0.2) is 5.11 Å².